The van der Waals surface area contributed by atoms with Gasteiger partial charge in [0.25, 0.3) is 5.91 Å². The third-order valence-electron chi connectivity index (χ3n) is 5.38. The van der Waals surface area contributed by atoms with Crippen LogP contribution >= 0.6 is 38.9 Å². The van der Waals surface area contributed by atoms with Crippen molar-refractivity contribution in [2.75, 3.05) is 6.54 Å². The van der Waals surface area contributed by atoms with Crippen LogP contribution in [0.25, 0.3) is 21.5 Å². The van der Waals surface area contributed by atoms with E-state index in [0.29, 0.717) is 38.6 Å². The van der Waals surface area contributed by atoms with Crippen molar-refractivity contribution in [2.45, 2.75) is 25.8 Å². The molecule has 0 bridgehead atoms. The molecular formula is C22H17BrClFN4OS. The number of imidazole rings is 1. The number of carbonyl (C=O) groups excluding carboxylic acids is 1. The fourth-order valence-corrected chi connectivity index (χ4v) is 5.66. The number of aryl methyl sites for hydroxylation is 1. The first-order chi connectivity index (χ1) is 14.9. The van der Waals surface area contributed by atoms with Crippen molar-refractivity contribution in [2.24, 2.45) is 0 Å². The van der Waals surface area contributed by atoms with Crippen molar-refractivity contribution in [1.82, 2.24) is 19.9 Å². The SMILES string of the molecule is Cc1nc(C(=O)N2CCCC2c2nc3c(Br)cc(F)cc3[nH]2)c(-c2cccc(Cl)c2)s1. The Morgan fingerprint density at radius 2 is 2.16 bits per heavy atom. The van der Waals surface area contributed by atoms with Gasteiger partial charge < -0.3 is 9.88 Å². The Morgan fingerprint density at radius 3 is 2.97 bits per heavy atom. The maximum absolute atomic E-state index is 13.8. The van der Waals surface area contributed by atoms with Gasteiger partial charge in [-0.1, -0.05) is 23.7 Å². The average molecular weight is 520 g/mol. The Bertz CT molecular complexity index is 1320. The Kier molecular flexibility index (Phi) is 5.32. The van der Waals surface area contributed by atoms with Crippen molar-refractivity contribution < 1.29 is 9.18 Å². The van der Waals surface area contributed by atoms with Crippen LogP contribution in [0.1, 0.15) is 40.2 Å². The van der Waals surface area contributed by atoms with Crippen LogP contribution in [0, 0.1) is 12.7 Å². The quantitative estimate of drug-likeness (QED) is 0.335. The molecule has 1 amide bonds. The summed E-state index contributed by atoms with van der Waals surface area (Å²) in [7, 11) is 0. The van der Waals surface area contributed by atoms with E-state index < -0.39 is 0 Å². The van der Waals surface area contributed by atoms with Crippen molar-refractivity contribution in [3.8, 4) is 10.4 Å². The number of nitrogens with one attached hydrogen (secondary N) is 1. The molecule has 1 unspecified atom stereocenters. The molecule has 4 aromatic rings. The first-order valence-electron chi connectivity index (χ1n) is 9.79. The highest BCUT2D eigenvalue weighted by Gasteiger charge is 2.35. The number of fused-ring (bicyclic) bond motifs is 1. The van der Waals surface area contributed by atoms with Crippen LogP contribution in [-0.4, -0.2) is 32.3 Å². The molecule has 158 valence electrons. The largest absolute Gasteiger partial charge is 0.340 e. The van der Waals surface area contributed by atoms with E-state index in [1.54, 1.807) is 6.07 Å². The summed E-state index contributed by atoms with van der Waals surface area (Å²) in [5.41, 5.74) is 2.56. The highest BCUT2D eigenvalue weighted by atomic mass is 79.9. The molecule has 31 heavy (non-hydrogen) atoms. The van der Waals surface area contributed by atoms with Crippen LogP contribution in [0.4, 0.5) is 4.39 Å². The van der Waals surface area contributed by atoms with Gasteiger partial charge in [-0.3, -0.25) is 4.79 Å². The molecule has 0 spiro atoms. The number of carbonyl (C=O) groups is 1. The van der Waals surface area contributed by atoms with E-state index >= 15 is 0 Å². The normalized spacial score (nSPS) is 16.4. The lowest BCUT2D eigenvalue weighted by Crippen LogP contribution is -2.31. The summed E-state index contributed by atoms with van der Waals surface area (Å²) in [5, 5.41) is 1.43. The minimum Gasteiger partial charge on any atom is -0.340 e. The van der Waals surface area contributed by atoms with E-state index in [-0.39, 0.29) is 17.8 Å². The van der Waals surface area contributed by atoms with Gasteiger partial charge in [0.05, 0.1) is 21.4 Å². The monoisotopic (exact) mass is 518 g/mol. The molecule has 1 N–H and O–H groups in total. The van der Waals surface area contributed by atoms with Crippen LogP contribution in [-0.2, 0) is 0 Å². The molecule has 9 heteroatoms. The molecule has 3 heterocycles. The number of aromatic nitrogens is 3. The van der Waals surface area contributed by atoms with E-state index in [4.69, 9.17) is 11.6 Å². The van der Waals surface area contributed by atoms with Gasteiger partial charge in [-0.2, -0.15) is 0 Å². The second-order valence-corrected chi connectivity index (χ2v) is 9.98. The molecule has 5 nitrogen and oxygen atoms in total. The zero-order chi connectivity index (χ0) is 21.7. The van der Waals surface area contributed by atoms with Gasteiger partial charge in [-0.25, -0.2) is 14.4 Å². The lowest BCUT2D eigenvalue weighted by atomic mass is 10.1. The van der Waals surface area contributed by atoms with E-state index in [0.717, 1.165) is 28.3 Å². The molecule has 2 aromatic carbocycles. The maximum atomic E-state index is 13.8. The Labute approximate surface area is 195 Å². The van der Waals surface area contributed by atoms with Gasteiger partial charge in [-0.15, -0.1) is 11.3 Å². The summed E-state index contributed by atoms with van der Waals surface area (Å²) < 4.78 is 14.4. The predicted octanol–water partition coefficient (Wildman–Crippen LogP) is 6.53. The smallest absolute Gasteiger partial charge is 0.274 e. The summed E-state index contributed by atoms with van der Waals surface area (Å²) in [5.74, 6) is 0.175. The van der Waals surface area contributed by atoms with Gasteiger partial charge in [0.1, 0.15) is 22.9 Å². The first kappa shape index (κ1) is 20.6. The highest BCUT2D eigenvalue weighted by Crippen LogP contribution is 2.37. The first-order valence-corrected chi connectivity index (χ1v) is 11.8. The van der Waals surface area contributed by atoms with Gasteiger partial charge in [0, 0.05) is 16.0 Å². The summed E-state index contributed by atoms with van der Waals surface area (Å²) in [6, 6.07) is 10.0. The van der Waals surface area contributed by atoms with Crippen molar-refractivity contribution in [3.05, 3.63) is 68.2 Å². The molecule has 1 aliphatic rings. The summed E-state index contributed by atoms with van der Waals surface area (Å²) in [6.45, 7) is 2.50. The van der Waals surface area contributed by atoms with Crippen molar-refractivity contribution >= 4 is 55.8 Å². The minimum atomic E-state index is -0.349. The minimum absolute atomic E-state index is 0.132. The van der Waals surface area contributed by atoms with Gasteiger partial charge in [-0.05, 0) is 65.5 Å². The molecule has 1 aliphatic heterocycles. The lowest BCUT2D eigenvalue weighted by Gasteiger charge is -2.22. The Hall–Kier alpha value is -2.29. The van der Waals surface area contributed by atoms with Crippen molar-refractivity contribution in [1.29, 1.82) is 0 Å². The van der Waals surface area contributed by atoms with E-state index in [9.17, 15) is 9.18 Å². The second kappa shape index (κ2) is 8.00. The number of hydrogen-bond acceptors (Lipinski definition) is 4. The maximum Gasteiger partial charge on any atom is 0.274 e. The van der Waals surface area contributed by atoms with Crippen LogP contribution in [0.3, 0.4) is 0 Å². The third kappa shape index (κ3) is 3.77. The molecule has 1 saturated heterocycles. The number of hydrogen-bond donors (Lipinski definition) is 1. The van der Waals surface area contributed by atoms with E-state index in [1.807, 2.05) is 30.0 Å². The Morgan fingerprint density at radius 1 is 1.32 bits per heavy atom. The number of amides is 1. The fourth-order valence-electron chi connectivity index (χ4n) is 4.05. The molecule has 1 atom stereocenters. The third-order valence-corrected chi connectivity index (χ3v) is 7.24. The predicted molar refractivity (Wildman–Crippen MR) is 124 cm³/mol. The van der Waals surface area contributed by atoms with Gasteiger partial charge >= 0.3 is 0 Å². The Balaban J connectivity index is 1.52. The number of thiazole rings is 1. The standard InChI is InChI=1S/C22H17BrClFN4OS/c1-11-26-19(20(31-11)12-4-2-5-13(24)8-12)22(30)29-7-3-6-17(29)21-27-16-10-14(25)9-15(23)18(16)28-21/h2,4-5,8-10,17H,3,6-7H2,1H3,(H,27,28). The lowest BCUT2D eigenvalue weighted by molar-refractivity contribution is 0.0726. The van der Waals surface area contributed by atoms with Crippen molar-refractivity contribution in [3.63, 3.8) is 0 Å². The number of rotatable bonds is 3. The van der Waals surface area contributed by atoms with Crippen LogP contribution < -0.4 is 0 Å². The molecule has 0 aliphatic carbocycles. The number of nitrogens with zero attached hydrogens (tertiary/aromatic N) is 3. The van der Waals surface area contributed by atoms with E-state index in [2.05, 4.69) is 30.9 Å². The molecule has 1 fully saturated rings. The fraction of sp³-hybridized carbons (Fsp3) is 0.227. The zero-order valence-electron chi connectivity index (χ0n) is 16.5. The topological polar surface area (TPSA) is 61.9 Å². The van der Waals surface area contributed by atoms with Gasteiger partial charge in [0.2, 0.25) is 0 Å². The molecule has 0 saturated carbocycles. The molecule has 2 aromatic heterocycles. The molecule has 5 rings (SSSR count). The number of H-pyrrole nitrogens is 1. The highest BCUT2D eigenvalue weighted by molar-refractivity contribution is 9.10. The zero-order valence-corrected chi connectivity index (χ0v) is 19.6. The molecular weight excluding hydrogens is 503 g/mol. The summed E-state index contributed by atoms with van der Waals surface area (Å²) >= 11 is 11.0. The summed E-state index contributed by atoms with van der Waals surface area (Å²) in [6.07, 6.45) is 1.64. The number of halogens is 3. The number of likely N-dealkylation sites (tertiary alicyclic amines) is 1. The summed E-state index contributed by atoms with van der Waals surface area (Å²) in [4.78, 5) is 28.6. The number of benzene rings is 2. The average Bonchev–Trinajstić information content (AvgIpc) is 3.44. The van der Waals surface area contributed by atoms with E-state index in [1.165, 1.54) is 23.5 Å². The van der Waals surface area contributed by atoms with Gasteiger partial charge in [0.15, 0.2) is 0 Å². The van der Waals surface area contributed by atoms with Crippen LogP contribution in [0.2, 0.25) is 5.02 Å². The second-order valence-electron chi connectivity index (χ2n) is 7.48. The number of aromatic amines is 1. The molecule has 0 radical (unpaired) electrons. The van der Waals surface area contributed by atoms with Crippen LogP contribution in [0.15, 0.2) is 40.9 Å². The van der Waals surface area contributed by atoms with Crippen LogP contribution in [0.5, 0.6) is 0 Å².